The molecule has 1 aromatic heterocycles. The van der Waals surface area contributed by atoms with Crippen molar-refractivity contribution in [2.45, 2.75) is 24.2 Å². The summed E-state index contributed by atoms with van der Waals surface area (Å²) < 4.78 is 30.4. The monoisotopic (exact) mass is 430 g/mol. The van der Waals surface area contributed by atoms with E-state index in [9.17, 15) is 13.2 Å². The van der Waals surface area contributed by atoms with E-state index in [4.69, 9.17) is 9.29 Å². The standard InChI is InChI=1S/C20H22N4O5S/c25-11-1-10-21-14-4-7-16(8-5-14)30(27,28)29-15-6-9-17-18(12-15)23-20(22-17)24-19(26)13-2-3-13/h4-9,12-13,21,25H,1-3,10-11H2,(H2,22,23,24,26). The van der Waals surface area contributed by atoms with Gasteiger partial charge in [0.1, 0.15) is 10.6 Å². The van der Waals surface area contributed by atoms with E-state index in [1.165, 1.54) is 24.3 Å². The minimum atomic E-state index is -4.01. The van der Waals surface area contributed by atoms with Gasteiger partial charge in [0, 0.05) is 30.8 Å². The van der Waals surface area contributed by atoms with Crippen LogP contribution in [0.2, 0.25) is 0 Å². The molecule has 1 aliphatic rings. The Morgan fingerprint density at radius 1 is 1.20 bits per heavy atom. The van der Waals surface area contributed by atoms with E-state index in [-0.39, 0.29) is 29.1 Å². The molecule has 0 bridgehead atoms. The van der Waals surface area contributed by atoms with Crippen LogP contribution in [0.25, 0.3) is 11.0 Å². The molecule has 0 saturated heterocycles. The molecule has 1 fully saturated rings. The second-order valence-electron chi connectivity index (χ2n) is 7.09. The number of anilines is 2. The lowest BCUT2D eigenvalue weighted by atomic mass is 10.3. The number of aromatic nitrogens is 2. The number of H-pyrrole nitrogens is 1. The van der Waals surface area contributed by atoms with Crippen LogP contribution in [0.3, 0.4) is 0 Å². The molecular formula is C20H22N4O5S. The quantitative estimate of drug-likeness (QED) is 0.303. The highest BCUT2D eigenvalue weighted by atomic mass is 32.2. The lowest BCUT2D eigenvalue weighted by molar-refractivity contribution is -0.117. The van der Waals surface area contributed by atoms with Crippen LogP contribution in [0.1, 0.15) is 19.3 Å². The first-order valence-corrected chi connectivity index (χ1v) is 11.1. The topological polar surface area (TPSA) is 133 Å². The van der Waals surface area contributed by atoms with Gasteiger partial charge in [0.25, 0.3) is 0 Å². The van der Waals surface area contributed by atoms with Gasteiger partial charge in [0.05, 0.1) is 11.0 Å². The Kier molecular flexibility index (Phi) is 5.60. The summed E-state index contributed by atoms with van der Waals surface area (Å²) in [4.78, 5) is 19.2. The number of carbonyl (C=O) groups is 1. The fourth-order valence-corrected chi connectivity index (χ4v) is 3.81. The fourth-order valence-electron chi connectivity index (χ4n) is 2.89. The highest BCUT2D eigenvalue weighted by Crippen LogP contribution is 2.30. The number of hydrogen-bond acceptors (Lipinski definition) is 7. The van der Waals surface area contributed by atoms with E-state index >= 15 is 0 Å². The number of aliphatic hydroxyl groups is 1. The maximum atomic E-state index is 12.6. The van der Waals surface area contributed by atoms with Gasteiger partial charge in [-0.15, -0.1) is 0 Å². The zero-order valence-electron chi connectivity index (χ0n) is 16.1. The van der Waals surface area contributed by atoms with Gasteiger partial charge in [0.2, 0.25) is 11.9 Å². The van der Waals surface area contributed by atoms with E-state index in [2.05, 4.69) is 20.6 Å². The molecule has 2 aromatic carbocycles. The summed E-state index contributed by atoms with van der Waals surface area (Å²) in [5, 5.41) is 14.6. The molecule has 4 rings (SSSR count). The molecule has 0 aliphatic heterocycles. The summed E-state index contributed by atoms with van der Waals surface area (Å²) in [5.74, 6) is 0.436. The van der Waals surface area contributed by atoms with Crippen molar-refractivity contribution < 1.29 is 22.5 Å². The summed E-state index contributed by atoms with van der Waals surface area (Å²) in [6.07, 6.45) is 2.38. The number of amides is 1. The largest absolute Gasteiger partial charge is 0.396 e. The highest BCUT2D eigenvalue weighted by Gasteiger charge is 2.30. The summed E-state index contributed by atoms with van der Waals surface area (Å²) >= 11 is 0. The summed E-state index contributed by atoms with van der Waals surface area (Å²) in [6, 6.07) is 10.9. The molecule has 30 heavy (non-hydrogen) atoms. The van der Waals surface area contributed by atoms with E-state index < -0.39 is 10.1 Å². The van der Waals surface area contributed by atoms with Crippen molar-refractivity contribution in [3.05, 3.63) is 42.5 Å². The highest BCUT2D eigenvalue weighted by molar-refractivity contribution is 7.87. The average Bonchev–Trinajstić information content (AvgIpc) is 3.49. The molecule has 1 amide bonds. The predicted octanol–water partition coefficient (Wildman–Crippen LogP) is 2.47. The van der Waals surface area contributed by atoms with E-state index in [0.717, 1.165) is 18.5 Å². The van der Waals surface area contributed by atoms with Crippen LogP contribution in [0.4, 0.5) is 11.6 Å². The summed E-state index contributed by atoms with van der Waals surface area (Å²) in [6.45, 7) is 0.675. The zero-order valence-corrected chi connectivity index (χ0v) is 16.9. The van der Waals surface area contributed by atoms with Crippen molar-refractivity contribution in [1.82, 2.24) is 9.97 Å². The molecule has 1 heterocycles. The number of carbonyl (C=O) groups excluding carboxylic acids is 1. The number of benzene rings is 2. The van der Waals surface area contributed by atoms with Gasteiger partial charge in [-0.05, 0) is 55.7 Å². The Balaban J connectivity index is 1.46. The molecule has 4 N–H and O–H groups in total. The van der Waals surface area contributed by atoms with E-state index in [0.29, 0.717) is 29.9 Å². The molecule has 0 radical (unpaired) electrons. The Bertz CT molecular complexity index is 1150. The molecule has 0 spiro atoms. The van der Waals surface area contributed by atoms with Gasteiger partial charge in [-0.1, -0.05) is 0 Å². The summed E-state index contributed by atoms with van der Waals surface area (Å²) in [7, 11) is -4.01. The molecular weight excluding hydrogens is 408 g/mol. The van der Waals surface area contributed by atoms with Gasteiger partial charge in [-0.3, -0.25) is 10.1 Å². The van der Waals surface area contributed by atoms with Crippen molar-refractivity contribution in [1.29, 1.82) is 0 Å². The van der Waals surface area contributed by atoms with E-state index in [1.54, 1.807) is 18.2 Å². The van der Waals surface area contributed by atoms with Gasteiger partial charge in [0.15, 0.2) is 0 Å². The van der Waals surface area contributed by atoms with Crippen molar-refractivity contribution in [3.8, 4) is 5.75 Å². The first-order chi connectivity index (χ1) is 14.4. The first kappa shape index (κ1) is 20.2. The van der Waals surface area contributed by atoms with Crippen LogP contribution >= 0.6 is 0 Å². The third-order valence-corrected chi connectivity index (χ3v) is 5.92. The maximum Gasteiger partial charge on any atom is 0.339 e. The molecule has 1 aliphatic carbocycles. The maximum absolute atomic E-state index is 12.6. The number of rotatable bonds is 9. The second kappa shape index (κ2) is 8.33. The van der Waals surface area contributed by atoms with Gasteiger partial charge in [-0.25, -0.2) is 4.98 Å². The smallest absolute Gasteiger partial charge is 0.339 e. The third-order valence-electron chi connectivity index (χ3n) is 4.66. The number of nitrogens with one attached hydrogen (secondary N) is 3. The second-order valence-corrected chi connectivity index (χ2v) is 8.64. The number of imidazole rings is 1. The van der Waals surface area contributed by atoms with Crippen LogP contribution in [0.5, 0.6) is 5.75 Å². The molecule has 10 heteroatoms. The van der Waals surface area contributed by atoms with E-state index in [1.807, 2.05) is 0 Å². The van der Waals surface area contributed by atoms with Crippen LogP contribution in [0, 0.1) is 5.92 Å². The number of nitrogens with zero attached hydrogens (tertiary/aromatic N) is 1. The molecule has 1 saturated carbocycles. The van der Waals surface area contributed by atoms with Crippen LogP contribution in [-0.2, 0) is 14.9 Å². The van der Waals surface area contributed by atoms with Gasteiger partial charge >= 0.3 is 10.1 Å². The Morgan fingerprint density at radius 3 is 2.67 bits per heavy atom. The van der Waals surface area contributed by atoms with Gasteiger partial charge < -0.3 is 19.6 Å². The van der Waals surface area contributed by atoms with Crippen molar-refractivity contribution in [3.63, 3.8) is 0 Å². The minimum absolute atomic E-state index is 0.0229. The molecule has 3 aromatic rings. The number of fused-ring (bicyclic) bond motifs is 1. The van der Waals surface area contributed by atoms with Crippen molar-refractivity contribution in [2.75, 3.05) is 23.8 Å². The van der Waals surface area contributed by atoms with Crippen molar-refractivity contribution in [2.24, 2.45) is 5.92 Å². The lowest BCUT2D eigenvalue weighted by Gasteiger charge is -2.09. The Hall–Kier alpha value is -3.11. The molecule has 0 unspecified atom stereocenters. The zero-order chi connectivity index (χ0) is 21.1. The summed E-state index contributed by atoms with van der Waals surface area (Å²) in [5.41, 5.74) is 1.89. The van der Waals surface area contributed by atoms with Crippen LogP contribution in [0.15, 0.2) is 47.4 Å². The molecule has 158 valence electrons. The normalized spacial score (nSPS) is 13.9. The SMILES string of the molecule is O=C(Nc1nc2cc(OS(=O)(=O)c3ccc(NCCCO)cc3)ccc2[nH]1)C1CC1. The minimum Gasteiger partial charge on any atom is -0.396 e. The van der Waals surface area contributed by atoms with Crippen LogP contribution < -0.4 is 14.8 Å². The number of aromatic amines is 1. The number of hydrogen-bond donors (Lipinski definition) is 4. The lowest BCUT2D eigenvalue weighted by Crippen LogP contribution is -2.14. The Morgan fingerprint density at radius 2 is 1.97 bits per heavy atom. The predicted molar refractivity (Wildman–Crippen MR) is 112 cm³/mol. The molecule has 9 nitrogen and oxygen atoms in total. The third kappa shape index (κ3) is 4.71. The number of aliphatic hydroxyl groups excluding tert-OH is 1. The fraction of sp³-hybridized carbons (Fsp3) is 0.300. The van der Waals surface area contributed by atoms with Gasteiger partial charge in [-0.2, -0.15) is 8.42 Å². The van der Waals surface area contributed by atoms with Crippen molar-refractivity contribution >= 4 is 38.7 Å². The molecule has 0 atom stereocenters. The Labute approximate surface area is 173 Å². The average molecular weight is 430 g/mol. The first-order valence-electron chi connectivity index (χ1n) is 9.64. The van der Waals surface area contributed by atoms with Crippen LogP contribution in [-0.4, -0.2) is 42.6 Å².